The third kappa shape index (κ3) is 3.11. The van der Waals surface area contributed by atoms with E-state index in [0.717, 1.165) is 0 Å². The maximum Gasteiger partial charge on any atom is 0.142 e. The summed E-state index contributed by atoms with van der Waals surface area (Å²) in [5.74, 6) is -0.533. The molecule has 2 nitrogen and oxygen atoms in total. The van der Waals surface area contributed by atoms with Crippen molar-refractivity contribution in [2.75, 3.05) is 5.73 Å². The van der Waals surface area contributed by atoms with Gasteiger partial charge in [0.25, 0.3) is 0 Å². The smallest absolute Gasteiger partial charge is 0.142 e. The summed E-state index contributed by atoms with van der Waals surface area (Å²) < 4.78 is 31.3. The molecule has 0 aromatic heterocycles. The maximum atomic E-state index is 13.1. The molecule has 5 heteroatoms. The molecule has 0 saturated heterocycles. The number of hydrogen-bond donors (Lipinski definition) is 1. The highest BCUT2D eigenvalue weighted by Crippen LogP contribution is 2.22. The standard InChI is InChI=1S/C13H10ClF2NO/c14-12-6-11(1-2-13(12)16)18-7-8-3-9(15)5-10(17)4-8/h1-6H,7,17H2. The Morgan fingerprint density at radius 2 is 1.89 bits per heavy atom. The molecule has 0 heterocycles. The number of hydrogen-bond acceptors (Lipinski definition) is 2. The molecule has 0 aliphatic carbocycles. The molecule has 2 N–H and O–H groups in total. The van der Waals surface area contributed by atoms with Gasteiger partial charge in [0.1, 0.15) is 24.0 Å². The third-order valence-corrected chi connectivity index (χ3v) is 2.57. The zero-order valence-electron chi connectivity index (χ0n) is 9.29. The van der Waals surface area contributed by atoms with Crippen LogP contribution in [0.1, 0.15) is 5.56 Å². The van der Waals surface area contributed by atoms with Crippen molar-refractivity contribution >= 4 is 17.3 Å². The van der Waals surface area contributed by atoms with Gasteiger partial charge in [-0.05, 0) is 35.9 Å². The van der Waals surface area contributed by atoms with Crippen LogP contribution >= 0.6 is 11.6 Å². The van der Waals surface area contributed by atoms with E-state index in [9.17, 15) is 8.78 Å². The lowest BCUT2D eigenvalue weighted by molar-refractivity contribution is 0.305. The molecule has 0 bridgehead atoms. The summed E-state index contributed by atoms with van der Waals surface area (Å²) >= 11 is 5.61. The van der Waals surface area contributed by atoms with Gasteiger partial charge in [0, 0.05) is 11.8 Å². The molecule has 0 radical (unpaired) electrons. The van der Waals surface area contributed by atoms with Crippen molar-refractivity contribution in [1.82, 2.24) is 0 Å². The first-order chi connectivity index (χ1) is 8.54. The lowest BCUT2D eigenvalue weighted by Crippen LogP contribution is -1.98. The Bertz CT molecular complexity index is 555. The first kappa shape index (κ1) is 12.6. The van der Waals surface area contributed by atoms with E-state index in [-0.39, 0.29) is 11.6 Å². The second-order valence-electron chi connectivity index (χ2n) is 3.76. The number of nitrogen functional groups attached to an aromatic ring is 1. The first-order valence-corrected chi connectivity index (χ1v) is 5.55. The average molecular weight is 270 g/mol. The molecular weight excluding hydrogens is 260 g/mol. The van der Waals surface area contributed by atoms with Gasteiger partial charge in [-0.15, -0.1) is 0 Å². The minimum absolute atomic E-state index is 0.0220. The Hall–Kier alpha value is -1.81. The second-order valence-corrected chi connectivity index (χ2v) is 4.16. The molecule has 0 aliphatic heterocycles. The van der Waals surface area contributed by atoms with Gasteiger partial charge in [0.15, 0.2) is 0 Å². The van der Waals surface area contributed by atoms with Crippen LogP contribution in [0.3, 0.4) is 0 Å². The summed E-state index contributed by atoms with van der Waals surface area (Å²) in [5.41, 5.74) is 6.42. The molecule has 2 aromatic carbocycles. The molecular formula is C13H10ClF2NO. The number of benzene rings is 2. The van der Waals surface area contributed by atoms with Crippen LogP contribution in [0.25, 0.3) is 0 Å². The SMILES string of the molecule is Nc1cc(F)cc(COc2ccc(F)c(Cl)c2)c1. The van der Waals surface area contributed by atoms with Crippen LogP contribution in [-0.2, 0) is 6.61 Å². The van der Waals surface area contributed by atoms with Crippen molar-refractivity contribution in [3.8, 4) is 5.75 Å². The number of ether oxygens (including phenoxy) is 1. The van der Waals surface area contributed by atoms with Crippen molar-refractivity contribution in [1.29, 1.82) is 0 Å². The van der Waals surface area contributed by atoms with Crippen LogP contribution in [0.15, 0.2) is 36.4 Å². The number of rotatable bonds is 3. The van der Waals surface area contributed by atoms with E-state index in [4.69, 9.17) is 22.1 Å². The van der Waals surface area contributed by atoms with Crippen LogP contribution in [0.5, 0.6) is 5.75 Å². The lowest BCUT2D eigenvalue weighted by Gasteiger charge is -2.07. The number of halogens is 3. The highest BCUT2D eigenvalue weighted by molar-refractivity contribution is 6.30. The lowest BCUT2D eigenvalue weighted by atomic mass is 10.2. The van der Waals surface area contributed by atoms with Crippen molar-refractivity contribution in [2.45, 2.75) is 6.61 Å². The van der Waals surface area contributed by atoms with Gasteiger partial charge in [0.2, 0.25) is 0 Å². The van der Waals surface area contributed by atoms with Gasteiger partial charge in [-0.3, -0.25) is 0 Å². The minimum Gasteiger partial charge on any atom is -0.489 e. The topological polar surface area (TPSA) is 35.2 Å². The van der Waals surface area contributed by atoms with Crippen molar-refractivity contribution in [3.63, 3.8) is 0 Å². The van der Waals surface area contributed by atoms with Crippen LogP contribution in [0.4, 0.5) is 14.5 Å². The van der Waals surface area contributed by atoms with Crippen molar-refractivity contribution in [2.24, 2.45) is 0 Å². The molecule has 0 fully saturated rings. The molecule has 0 unspecified atom stereocenters. The normalized spacial score (nSPS) is 10.4. The summed E-state index contributed by atoms with van der Waals surface area (Å²) in [6.45, 7) is 0.129. The number of anilines is 1. The molecule has 0 spiro atoms. The molecule has 0 saturated carbocycles. The molecule has 0 aliphatic rings. The number of nitrogens with two attached hydrogens (primary N) is 1. The van der Waals surface area contributed by atoms with Crippen LogP contribution < -0.4 is 10.5 Å². The molecule has 94 valence electrons. The molecule has 2 aromatic rings. The predicted molar refractivity (Wildman–Crippen MR) is 66.6 cm³/mol. The quantitative estimate of drug-likeness (QED) is 0.861. The summed E-state index contributed by atoms with van der Waals surface area (Å²) in [4.78, 5) is 0. The Balaban J connectivity index is 2.08. The fraction of sp³-hybridized carbons (Fsp3) is 0.0769. The Kier molecular flexibility index (Phi) is 3.67. The Labute approximate surface area is 108 Å². The Morgan fingerprint density at radius 3 is 2.56 bits per heavy atom. The first-order valence-electron chi connectivity index (χ1n) is 5.17. The molecule has 2 rings (SSSR count). The van der Waals surface area contributed by atoms with Gasteiger partial charge in [0.05, 0.1) is 5.02 Å². The van der Waals surface area contributed by atoms with E-state index >= 15 is 0 Å². The van der Waals surface area contributed by atoms with Gasteiger partial charge >= 0.3 is 0 Å². The Morgan fingerprint density at radius 1 is 1.11 bits per heavy atom. The predicted octanol–water partition coefficient (Wildman–Crippen LogP) is 3.78. The van der Waals surface area contributed by atoms with E-state index in [2.05, 4.69) is 0 Å². The van der Waals surface area contributed by atoms with Crippen molar-refractivity contribution in [3.05, 3.63) is 58.6 Å². The minimum atomic E-state index is -0.515. The zero-order valence-corrected chi connectivity index (χ0v) is 10.0. The molecule has 0 atom stereocenters. The van der Waals surface area contributed by atoms with Gasteiger partial charge < -0.3 is 10.5 Å². The van der Waals surface area contributed by atoms with Gasteiger partial charge in [-0.25, -0.2) is 8.78 Å². The zero-order chi connectivity index (χ0) is 13.1. The van der Waals surface area contributed by atoms with Gasteiger partial charge in [-0.1, -0.05) is 11.6 Å². The average Bonchev–Trinajstić information content (AvgIpc) is 2.29. The second kappa shape index (κ2) is 5.23. The largest absolute Gasteiger partial charge is 0.489 e. The van der Waals surface area contributed by atoms with E-state index in [1.54, 1.807) is 6.07 Å². The van der Waals surface area contributed by atoms with E-state index in [1.165, 1.54) is 30.3 Å². The summed E-state index contributed by atoms with van der Waals surface area (Å²) in [6.07, 6.45) is 0. The highest BCUT2D eigenvalue weighted by atomic mass is 35.5. The van der Waals surface area contributed by atoms with E-state index in [1.807, 2.05) is 0 Å². The van der Waals surface area contributed by atoms with E-state index in [0.29, 0.717) is 17.0 Å². The van der Waals surface area contributed by atoms with Gasteiger partial charge in [-0.2, -0.15) is 0 Å². The summed E-state index contributed by atoms with van der Waals surface area (Å²) in [5, 5.41) is -0.0220. The monoisotopic (exact) mass is 269 g/mol. The maximum absolute atomic E-state index is 13.1. The fourth-order valence-electron chi connectivity index (χ4n) is 1.49. The van der Waals surface area contributed by atoms with Crippen LogP contribution in [-0.4, -0.2) is 0 Å². The molecule has 0 amide bonds. The van der Waals surface area contributed by atoms with Crippen LogP contribution in [0.2, 0.25) is 5.02 Å². The summed E-state index contributed by atoms with van der Waals surface area (Å²) in [6, 6.07) is 8.16. The molecule has 18 heavy (non-hydrogen) atoms. The summed E-state index contributed by atoms with van der Waals surface area (Å²) in [7, 11) is 0. The third-order valence-electron chi connectivity index (χ3n) is 2.28. The van der Waals surface area contributed by atoms with Crippen molar-refractivity contribution < 1.29 is 13.5 Å². The highest BCUT2D eigenvalue weighted by Gasteiger charge is 2.03. The van der Waals surface area contributed by atoms with Crippen LogP contribution in [0, 0.1) is 11.6 Å². The fourth-order valence-corrected chi connectivity index (χ4v) is 1.66. The van der Waals surface area contributed by atoms with E-state index < -0.39 is 11.6 Å².